The van der Waals surface area contributed by atoms with Crippen molar-refractivity contribution in [2.24, 2.45) is 11.8 Å². The van der Waals surface area contributed by atoms with Crippen molar-refractivity contribution in [2.45, 2.75) is 32.7 Å². The average Bonchev–Trinajstić information content (AvgIpc) is 2.67. The average molecular weight is 388 g/mol. The molecule has 0 aromatic heterocycles. The molecular formula is C22H33N3O3. The summed E-state index contributed by atoms with van der Waals surface area (Å²) < 4.78 is 5.48. The molecule has 1 atom stereocenters. The van der Waals surface area contributed by atoms with Crippen LogP contribution in [0, 0.1) is 11.8 Å². The maximum absolute atomic E-state index is 12.9. The van der Waals surface area contributed by atoms with Gasteiger partial charge in [0.15, 0.2) is 0 Å². The summed E-state index contributed by atoms with van der Waals surface area (Å²) in [4.78, 5) is 31.4. The molecule has 2 aliphatic heterocycles. The van der Waals surface area contributed by atoms with E-state index in [-0.39, 0.29) is 29.7 Å². The zero-order valence-corrected chi connectivity index (χ0v) is 17.6. The number of rotatable bonds is 6. The normalized spacial score (nSPS) is 19.8. The molecule has 2 saturated heterocycles. The topological polar surface area (TPSA) is 53.1 Å². The third-order valence-corrected chi connectivity index (χ3v) is 6.21. The van der Waals surface area contributed by atoms with Crippen LogP contribution in [0.1, 0.15) is 38.3 Å². The van der Waals surface area contributed by atoms with Gasteiger partial charge >= 0.3 is 0 Å². The third-order valence-electron chi connectivity index (χ3n) is 6.21. The smallest absolute Gasteiger partial charge is 0.229 e. The van der Waals surface area contributed by atoms with Crippen LogP contribution in [0.2, 0.25) is 0 Å². The fourth-order valence-electron chi connectivity index (χ4n) is 4.04. The highest BCUT2D eigenvalue weighted by Gasteiger charge is 2.40. The summed E-state index contributed by atoms with van der Waals surface area (Å²) in [6, 6.07) is 7.89. The Bertz CT molecular complexity index is 677. The first-order valence-corrected chi connectivity index (χ1v) is 10.4. The molecule has 6 heteroatoms. The van der Waals surface area contributed by atoms with Gasteiger partial charge in [0, 0.05) is 26.1 Å². The molecule has 0 N–H and O–H groups in total. The summed E-state index contributed by atoms with van der Waals surface area (Å²) in [5, 5.41) is 0. The van der Waals surface area contributed by atoms with Gasteiger partial charge in [-0.25, -0.2) is 0 Å². The molecule has 2 heterocycles. The lowest BCUT2D eigenvalue weighted by molar-refractivity contribution is -0.152. The van der Waals surface area contributed by atoms with E-state index in [9.17, 15) is 9.59 Å². The number of hydrogen-bond donors (Lipinski definition) is 0. The van der Waals surface area contributed by atoms with E-state index < -0.39 is 0 Å². The highest BCUT2D eigenvalue weighted by Crippen LogP contribution is 2.28. The van der Waals surface area contributed by atoms with Gasteiger partial charge in [-0.1, -0.05) is 12.1 Å². The molecule has 2 aliphatic rings. The molecule has 1 aromatic carbocycles. The number of amides is 2. The lowest BCUT2D eigenvalue weighted by atomic mass is 9.91. The Labute approximate surface area is 168 Å². The summed E-state index contributed by atoms with van der Waals surface area (Å²) >= 11 is 0. The van der Waals surface area contributed by atoms with Crippen LogP contribution in [0.4, 0.5) is 0 Å². The van der Waals surface area contributed by atoms with Gasteiger partial charge in [-0.2, -0.15) is 0 Å². The van der Waals surface area contributed by atoms with Crippen LogP contribution in [0.15, 0.2) is 24.3 Å². The maximum Gasteiger partial charge on any atom is 0.229 e. The van der Waals surface area contributed by atoms with Gasteiger partial charge in [-0.05, 0) is 64.5 Å². The number of benzene rings is 1. The fourth-order valence-corrected chi connectivity index (χ4v) is 4.04. The number of hydrogen-bond acceptors (Lipinski definition) is 4. The monoisotopic (exact) mass is 387 g/mol. The van der Waals surface area contributed by atoms with Gasteiger partial charge in [-0.15, -0.1) is 0 Å². The van der Waals surface area contributed by atoms with Crippen LogP contribution < -0.4 is 4.74 Å². The van der Waals surface area contributed by atoms with E-state index in [1.54, 1.807) is 4.90 Å². The SMILES string of the molecule is CCOc1ccc([C@@H](C)N(C)C(=O)C2CN(C(=O)C3CCN(C)CC3)C2)cc1. The highest BCUT2D eigenvalue weighted by molar-refractivity contribution is 5.85. The molecule has 6 nitrogen and oxygen atoms in total. The van der Waals surface area contributed by atoms with E-state index in [1.165, 1.54) is 0 Å². The zero-order valence-electron chi connectivity index (χ0n) is 17.6. The van der Waals surface area contributed by atoms with Crippen molar-refractivity contribution >= 4 is 11.8 Å². The Morgan fingerprint density at radius 2 is 1.75 bits per heavy atom. The number of likely N-dealkylation sites (tertiary alicyclic amines) is 2. The number of carbonyl (C=O) groups excluding carboxylic acids is 2. The Hall–Kier alpha value is -2.08. The lowest BCUT2D eigenvalue weighted by Crippen LogP contribution is -2.58. The first-order valence-electron chi connectivity index (χ1n) is 10.4. The predicted octanol–water partition coefficient (Wildman–Crippen LogP) is 2.40. The second-order valence-corrected chi connectivity index (χ2v) is 8.14. The lowest BCUT2D eigenvalue weighted by Gasteiger charge is -2.43. The standard InChI is InChI=1S/C22H33N3O3/c1-5-28-20-8-6-17(7-9-20)16(2)24(4)21(26)19-14-25(15-19)22(27)18-10-12-23(3)13-11-18/h6-9,16,18-19H,5,10-15H2,1-4H3/t16-/m1/s1. The predicted molar refractivity (Wildman–Crippen MR) is 109 cm³/mol. The van der Waals surface area contributed by atoms with Crippen LogP contribution in [0.3, 0.4) is 0 Å². The molecule has 0 aliphatic carbocycles. The van der Waals surface area contributed by atoms with Crippen molar-refractivity contribution in [1.82, 2.24) is 14.7 Å². The van der Waals surface area contributed by atoms with Crippen LogP contribution in [0.5, 0.6) is 5.75 Å². The Balaban J connectivity index is 1.50. The molecule has 2 amide bonds. The van der Waals surface area contributed by atoms with Crippen molar-refractivity contribution in [2.75, 3.05) is 46.9 Å². The molecule has 2 fully saturated rings. The molecule has 0 radical (unpaired) electrons. The second kappa shape index (κ2) is 8.95. The minimum absolute atomic E-state index is 0.0122. The van der Waals surface area contributed by atoms with E-state index in [0.717, 1.165) is 37.2 Å². The quantitative estimate of drug-likeness (QED) is 0.752. The van der Waals surface area contributed by atoms with Crippen LogP contribution >= 0.6 is 0 Å². The van der Waals surface area contributed by atoms with E-state index >= 15 is 0 Å². The first-order chi connectivity index (χ1) is 13.4. The van der Waals surface area contributed by atoms with Crippen LogP contribution in [-0.2, 0) is 9.59 Å². The summed E-state index contributed by atoms with van der Waals surface area (Å²) in [6.45, 7) is 7.72. The van der Waals surface area contributed by atoms with Crippen LogP contribution in [0.25, 0.3) is 0 Å². The molecule has 0 unspecified atom stereocenters. The largest absolute Gasteiger partial charge is 0.494 e. The van der Waals surface area contributed by atoms with Crippen molar-refractivity contribution in [3.63, 3.8) is 0 Å². The van der Waals surface area contributed by atoms with Gasteiger partial charge in [0.25, 0.3) is 0 Å². The molecule has 0 spiro atoms. The van der Waals surface area contributed by atoms with Crippen molar-refractivity contribution in [3.05, 3.63) is 29.8 Å². The number of carbonyl (C=O) groups is 2. The molecule has 28 heavy (non-hydrogen) atoms. The highest BCUT2D eigenvalue weighted by atomic mass is 16.5. The number of nitrogens with zero attached hydrogens (tertiary/aromatic N) is 3. The fraction of sp³-hybridized carbons (Fsp3) is 0.636. The van der Waals surface area contributed by atoms with E-state index in [2.05, 4.69) is 11.9 Å². The van der Waals surface area contributed by atoms with Crippen molar-refractivity contribution in [3.8, 4) is 5.75 Å². The molecule has 0 saturated carbocycles. The summed E-state index contributed by atoms with van der Waals surface area (Å²) in [6.07, 6.45) is 1.86. The molecule has 154 valence electrons. The molecular weight excluding hydrogens is 354 g/mol. The summed E-state index contributed by atoms with van der Waals surface area (Å²) in [7, 11) is 3.95. The zero-order chi connectivity index (χ0) is 20.3. The summed E-state index contributed by atoms with van der Waals surface area (Å²) in [5.41, 5.74) is 1.08. The van der Waals surface area contributed by atoms with E-state index in [1.807, 2.05) is 50.1 Å². The number of ether oxygens (including phenoxy) is 1. The van der Waals surface area contributed by atoms with Crippen molar-refractivity contribution in [1.29, 1.82) is 0 Å². The van der Waals surface area contributed by atoms with Gasteiger partial charge in [-0.3, -0.25) is 9.59 Å². The molecule has 0 bridgehead atoms. The third kappa shape index (κ3) is 4.49. The Kier molecular flexibility index (Phi) is 6.60. The Morgan fingerprint density at radius 1 is 1.14 bits per heavy atom. The number of piperidine rings is 1. The van der Waals surface area contributed by atoms with Gasteiger partial charge < -0.3 is 19.4 Å². The van der Waals surface area contributed by atoms with Gasteiger partial charge in [0.05, 0.1) is 18.6 Å². The Morgan fingerprint density at radius 3 is 2.32 bits per heavy atom. The minimum atomic E-state index is -0.0784. The second-order valence-electron chi connectivity index (χ2n) is 8.14. The first kappa shape index (κ1) is 20.6. The maximum atomic E-state index is 12.9. The van der Waals surface area contributed by atoms with Gasteiger partial charge in [0.1, 0.15) is 5.75 Å². The summed E-state index contributed by atoms with van der Waals surface area (Å²) in [5.74, 6) is 1.25. The van der Waals surface area contributed by atoms with E-state index in [4.69, 9.17) is 4.74 Å². The van der Waals surface area contributed by atoms with Gasteiger partial charge in [0.2, 0.25) is 11.8 Å². The molecule has 3 rings (SSSR count). The van der Waals surface area contributed by atoms with Crippen LogP contribution in [-0.4, -0.2) is 73.4 Å². The molecule has 1 aromatic rings. The van der Waals surface area contributed by atoms with E-state index in [0.29, 0.717) is 19.7 Å². The van der Waals surface area contributed by atoms with Crippen molar-refractivity contribution < 1.29 is 14.3 Å². The minimum Gasteiger partial charge on any atom is -0.494 e.